The molecule has 8 heteroatoms. The minimum absolute atomic E-state index is 0.149. The standard InChI is InChI=1S/C20H21ClN4O2S/c1-13-9-14(2)19(16(21)10-13)22-18(26)12-28-20-24-23-17(25(20)3)11-27-15-7-5-4-6-8-15/h4-10H,11-12H2,1-3H3,(H,22,26). The molecule has 6 nitrogen and oxygen atoms in total. The Labute approximate surface area is 173 Å². The number of carbonyl (C=O) groups is 1. The first kappa shape index (κ1) is 20.2. The fourth-order valence-electron chi connectivity index (χ4n) is 2.64. The Morgan fingerprint density at radius 3 is 2.68 bits per heavy atom. The lowest BCUT2D eigenvalue weighted by molar-refractivity contribution is -0.113. The number of nitrogens with zero attached hydrogens (tertiary/aromatic N) is 3. The summed E-state index contributed by atoms with van der Waals surface area (Å²) in [5.74, 6) is 1.51. The zero-order valence-corrected chi connectivity index (χ0v) is 17.5. The maximum atomic E-state index is 12.3. The van der Waals surface area contributed by atoms with Crippen molar-refractivity contribution in [1.82, 2.24) is 14.8 Å². The van der Waals surface area contributed by atoms with E-state index in [0.29, 0.717) is 28.3 Å². The van der Waals surface area contributed by atoms with E-state index in [-0.39, 0.29) is 11.7 Å². The van der Waals surface area contributed by atoms with E-state index >= 15 is 0 Å². The van der Waals surface area contributed by atoms with E-state index in [1.807, 2.05) is 67.9 Å². The van der Waals surface area contributed by atoms with Crippen LogP contribution < -0.4 is 10.1 Å². The van der Waals surface area contributed by atoms with Crippen LogP contribution in [-0.4, -0.2) is 26.4 Å². The van der Waals surface area contributed by atoms with Crippen LogP contribution in [0, 0.1) is 13.8 Å². The molecule has 0 bridgehead atoms. The van der Waals surface area contributed by atoms with E-state index in [1.54, 1.807) is 0 Å². The van der Waals surface area contributed by atoms with Gasteiger partial charge in [0.1, 0.15) is 12.4 Å². The van der Waals surface area contributed by atoms with Gasteiger partial charge in [0, 0.05) is 7.05 Å². The first-order valence-electron chi connectivity index (χ1n) is 8.69. The fraction of sp³-hybridized carbons (Fsp3) is 0.250. The summed E-state index contributed by atoms with van der Waals surface area (Å²) in [4.78, 5) is 12.3. The summed E-state index contributed by atoms with van der Waals surface area (Å²) in [6.45, 7) is 4.19. The second-order valence-corrected chi connectivity index (χ2v) is 7.68. The first-order valence-corrected chi connectivity index (χ1v) is 10.1. The summed E-state index contributed by atoms with van der Waals surface area (Å²) in [7, 11) is 1.85. The van der Waals surface area contributed by atoms with E-state index < -0.39 is 0 Å². The Morgan fingerprint density at radius 1 is 1.21 bits per heavy atom. The highest BCUT2D eigenvalue weighted by Gasteiger charge is 2.14. The quantitative estimate of drug-likeness (QED) is 0.578. The van der Waals surface area contributed by atoms with Crippen molar-refractivity contribution in [2.75, 3.05) is 11.1 Å². The molecule has 28 heavy (non-hydrogen) atoms. The van der Waals surface area contributed by atoms with E-state index in [4.69, 9.17) is 16.3 Å². The average molecular weight is 417 g/mol. The van der Waals surface area contributed by atoms with Crippen molar-refractivity contribution >= 4 is 35.0 Å². The molecule has 0 radical (unpaired) electrons. The van der Waals surface area contributed by atoms with Gasteiger partial charge in [0.25, 0.3) is 0 Å². The number of para-hydroxylation sites is 1. The lowest BCUT2D eigenvalue weighted by atomic mass is 10.1. The van der Waals surface area contributed by atoms with Gasteiger partial charge in [-0.25, -0.2) is 0 Å². The second-order valence-electron chi connectivity index (χ2n) is 6.34. The molecule has 0 saturated carbocycles. The maximum Gasteiger partial charge on any atom is 0.234 e. The van der Waals surface area contributed by atoms with Gasteiger partial charge < -0.3 is 14.6 Å². The topological polar surface area (TPSA) is 69.0 Å². The highest BCUT2D eigenvalue weighted by atomic mass is 35.5. The van der Waals surface area contributed by atoms with Gasteiger partial charge in [-0.1, -0.05) is 47.6 Å². The number of carbonyl (C=O) groups excluding carboxylic acids is 1. The van der Waals surface area contributed by atoms with Gasteiger partial charge >= 0.3 is 0 Å². The number of hydrogen-bond acceptors (Lipinski definition) is 5. The molecule has 0 atom stereocenters. The van der Waals surface area contributed by atoms with Crippen molar-refractivity contribution in [2.45, 2.75) is 25.6 Å². The van der Waals surface area contributed by atoms with Crippen LogP contribution in [0.1, 0.15) is 17.0 Å². The van der Waals surface area contributed by atoms with Crippen molar-refractivity contribution in [1.29, 1.82) is 0 Å². The molecule has 0 aliphatic heterocycles. The number of nitrogens with one attached hydrogen (secondary N) is 1. The third-order valence-electron chi connectivity index (χ3n) is 4.06. The molecule has 3 aromatic rings. The first-order chi connectivity index (χ1) is 13.4. The van der Waals surface area contributed by atoms with Gasteiger partial charge in [0.15, 0.2) is 11.0 Å². The molecule has 1 amide bonds. The Bertz CT molecular complexity index is 953. The Hall–Kier alpha value is -2.51. The highest BCUT2D eigenvalue weighted by Crippen LogP contribution is 2.27. The second kappa shape index (κ2) is 9.12. The monoisotopic (exact) mass is 416 g/mol. The zero-order chi connectivity index (χ0) is 20.1. The van der Waals surface area contributed by atoms with Crippen LogP contribution in [0.3, 0.4) is 0 Å². The molecule has 2 aromatic carbocycles. The predicted octanol–water partition coefficient (Wildman–Crippen LogP) is 4.40. The molecule has 3 rings (SSSR count). The molecular formula is C20H21ClN4O2S. The van der Waals surface area contributed by atoms with Gasteiger partial charge in [0.2, 0.25) is 5.91 Å². The summed E-state index contributed by atoms with van der Waals surface area (Å²) >= 11 is 7.56. The van der Waals surface area contributed by atoms with Crippen LogP contribution in [0.4, 0.5) is 5.69 Å². The zero-order valence-electron chi connectivity index (χ0n) is 15.9. The number of thioether (sulfide) groups is 1. The SMILES string of the molecule is Cc1cc(C)c(NC(=O)CSc2nnc(COc3ccccc3)n2C)c(Cl)c1. The number of aromatic nitrogens is 3. The summed E-state index contributed by atoms with van der Waals surface area (Å²) in [6.07, 6.45) is 0. The summed E-state index contributed by atoms with van der Waals surface area (Å²) < 4.78 is 7.52. The minimum Gasteiger partial charge on any atom is -0.486 e. The van der Waals surface area contributed by atoms with Crippen LogP contribution in [0.15, 0.2) is 47.6 Å². The number of aryl methyl sites for hydroxylation is 2. The number of hydrogen-bond donors (Lipinski definition) is 1. The van der Waals surface area contributed by atoms with Crippen LogP contribution in [0.5, 0.6) is 5.75 Å². The third kappa shape index (κ3) is 5.05. The van der Waals surface area contributed by atoms with E-state index in [1.165, 1.54) is 11.8 Å². The molecule has 1 heterocycles. The molecule has 0 unspecified atom stereocenters. The number of rotatable bonds is 7. The Morgan fingerprint density at radius 2 is 1.96 bits per heavy atom. The van der Waals surface area contributed by atoms with Gasteiger partial charge in [-0.2, -0.15) is 0 Å². The highest BCUT2D eigenvalue weighted by molar-refractivity contribution is 7.99. The maximum absolute atomic E-state index is 12.3. The Balaban J connectivity index is 1.56. The van der Waals surface area contributed by atoms with Crippen molar-refractivity contribution in [3.05, 3.63) is 64.4 Å². The van der Waals surface area contributed by atoms with Crippen LogP contribution >= 0.6 is 23.4 Å². The number of halogens is 1. The van der Waals surface area contributed by atoms with E-state index in [2.05, 4.69) is 15.5 Å². The van der Waals surface area contributed by atoms with E-state index in [0.717, 1.165) is 16.9 Å². The van der Waals surface area contributed by atoms with Gasteiger partial charge in [-0.05, 0) is 43.2 Å². The van der Waals surface area contributed by atoms with Crippen molar-refractivity contribution < 1.29 is 9.53 Å². The Kier molecular flexibility index (Phi) is 6.59. The number of amides is 1. The van der Waals surface area contributed by atoms with Crippen LogP contribution in [-0.2, 0) is 18.4 Å². The number of anilines is 1. The molecule has 0 fully saturated rings. The van der Waals surface area contributed by atoms with Crippen molar-refractivity contribution in [2.24, 2.45) is 7.05 Å². The molecule has 1 N–H and O–H groups in total. The van der Waals surface area contributed by atoms with Gasteiger partial charge in [0.05, 0.1) is 16.5 Å². The normalized spacial score (nSPS) is 10.7. The molecule has 0 aliphatic rings. The lowest BCUT2D eigenvalue weighted by Gasteiger charge is -2.11. The molecule has 146 valence electrons. The average Bonchev–Trinajstić information content (AvgIpc) is 3.02. The molecular weight excluding hydrogens is 396 g/mol. The predicted molar refractivity (Wildman–Crippen MR) is 112 cm³/mol. The molecule has 0 aliphatic carbocycles. The third-order valence-corrected chi connectivity index (χ3v) is 5.38. The van der Waals surface area contributed by atoms with E-state index in [9.17, 15) is 4.79 Å². The summed E-state index contributed by atoms with van der Waals surface area (Å²) in [5.41, 5.74) is 2.63. The number of benzene rings is 2. The summed E-state index contributed by atoms with van der Waals surface area (Å²) in [6, 6.07) is 13.3. The smallest absolute Gasteiger partial charge is 0.234 e. The molecule has 0 saturated heterocycles. The van der Waals surface area contributed by atoms with Crippen molar-refractivity contribution in [3.8, 4) is 5.75 Å². The fourth-order valence-corrected chi connectivity index (χ4v) is 3.74. The lowest BCUT2D eigenvalue weighted by Crippen LogP contribution is -2.16. The van der Waals surface area contributed by atoms with Crippen molar-refractivity contribution in [3.63, 3.8) is 0 Å². The number of ether oxygens (including phenoxy) is 1. The molecule has 1 aromatic heterocycles. The van der Waals surface area contributed by atoms with Gasteiger partial charge in [-0.15, -0.1) is 10.2 Å². The van der Waals surface area contributed by atoms with Gasteiger partial charge in [-0.3, -0.25) is 4.79 Å². The minimum atomic E-state index is -0.149. The molecule has 0 spiro atoms. The van der Waals surface area contributed by atoms with Crippen LogP contribution in [0.25, 0.3) is 0 Å². The van der Waals surface area contributed by atoms with Crippen LogP contribution in [0.2, 0.25) is 5.02 Å². The summed E-state index contributed by atoms with van der Waals surface area (Å²) in [5, 5.41) is 12.3. The largest absolute Gasteiger partial charge is 0.486 e.